The van der Waals surface area contributed by atoms with Gasteiger partial charge in [0.1, 0.15) is 6.04 Å². The second kappa shape index (κ2) is 5.38. The Balaban J connectivity index is 2.21. The van der Waals surface area contributed by atoms with Crippen LogP contribution in [0.5, 0.6) is 0 Å². The number of aromatic nitrogens is 3. The molecule has 0 aromatic carbocycles. The summed E-state index contributed by atoms with van der Waals surface area (Å²) in [5.41, 5.74) is 0.446. The predicted molar refractivity (Wildman–Crippen MR) is 66.9 cm³/mol. The van der Waals surface area contributed by atoms with Crippen molar-refractivity contribution in [3.05, 3.63) is 11.4 Å². The van der Waals surface area contributed by atoms with Crippen LogP contribution in [0.3, 0.4) is 0 Å². The monoisotopic (exact) mass is 266 g/mol. The number of nitrogens with zero attached hydrogens (tertiary/aromatic N) is 3. The predicted octanol–water partition coefficient (Wildman–Crippen LogP) is 0.768. The standard InChI is InChI=1S/C12H18N4O3/c1-3-4-9-10(12(18)19)14-15-16(9)7(2)11(17)13-8-5-6-8/h7-8H,3-6H2,1-2H3,(H,13,17)(H,18,19). The van der Waals surface area contributed by atoms with Gasteiger partial charge in [-0.15, -0.1) is 5.10 Å². The number of carbonyl (C=O) groups excluding carboxylic acids is 1. The Bertz CT molecular complexity index is 493. The van der Waals surface area contributed by atoms with E-state index in [9.17, 15) is 9.59 Å². The van der Waals surface area contributed by atoms with Gasteiger partial charge in [-0.2, -0.15) is 0 Å². The van der Waals surface area contributed by atoms with Crippen LogP contribution in [0.1, 0.15) is 55.3 Å². The summed E-state index contributed by atoms with van der Waals surface area (Å²) in [6.07, 6.45) is 3.33. The molecular weight excluding hydrogens is 248 g/mol. The zero-order chi connectivity index (χ0) is 14.0. The molecule has 1 aromatic rings. The van der Waals surface area contributed by atoms with E-state index in [-0.39, 0.29) is 17.6 Å². The number of carboxylic acids is 1. The van der Waals surface area contributed by atoms with Crippen molar-refractivity contribution < 1.29 is 14.7 Å². The van der Waals surface area contributed by atoms with E-state index in [1.807, 2.05) is 6.92 Å². The van der Waals surface area contributed by atoms with Crippen LogP contribution in [0.2, 0.25) is 0 Å². The fourth-order valence-corrected chi connectivity index (χ4v) is 1.92. The molecule has 104 valence electrons. The minimum atomic E-state index is -1.11. The van der Waals surface area contributed by atoms with Crippen molar-refractivity contribution in [3.8, 4) is 0 Å². The van der Waals surface area contributed by atoms with E-state index in [2.05, 4.69) is 15.6 Å². The highest BCUT2D eigenvalue weighted by molar-refractivity contribution is 5.87. The van der Waals surface area contributed by atoms with Crippen LogP contribution in [0.25, 0.3) is 0 Å². The molecular formula is C12H18N4O3. The zero-order valence-corrected chi connectivity index (χ0v) is 11.1. The molecule has 0 radical (unpaired) electrons. The first-order valence-electron chi connectivity index (χ1n) is 6.52. The second-order valence-electron chi connectivity index (χ2n) is 4.84. The molecule has 1 heterocycles. The first-order chi connectivity index (χ1) is 9.04. The quantitative estimate of drug-likeness (QED) is 0.792. The lowest BCUT2D eigenvalue weighted by molar-refractivity contribution is -0.124. The summed E-state index contributed by atoms with van der Waals surface area (Å²) >= 11 is 0. The van der Waals surface area contributed by atoms with Crippen LogP contribution >= 0.6 is 0 Å². The largest absolute Gasteiger partial charge is 0.476 e. The van der Waals surface area contributed by atoms with Crippen molar-refractivity contribution in [1.29, 1.82) is 0 Å². The second-order valence-corrected chi connectivity index (χ2v) is 4.84. The van der Waals surface area contributed by atoms with Crippen molar-refractivity contribution in [2.45, 2.75) is 51.6 Å². The minimum Gasteiger partial charge on any atom is -0.476 e. The molecule has 7 heteroatoms. The molecule has 1 aliphatic carbocycles. The Labute approximate surface area is 111 Å². The van der Waals surface area contributed by atoms with Gasteiger partial charge in [-0.25, -0.2) is 9.48 Å². The topological polar surface area (TPSA) is 97.1 Å². The molecule has 1 amide bonds. The maximum absolute atomic E-state index is 12.0. The van der Waals surface area contributed by atoms with E-state index >= 15 is 0 Å². The van der Waals surface area contributed by atoms with Crippen molar-refractivity contribution in [1.82, 2.24) is 20.3 Å². The Morgan fingerprint density at radius 1 is 1.53 bits per heavy atom. The SMILES string of the molecule is CCCc1c(C(=O)O)nnn1C(C)C(=O)NC1CC1. The summed E-state index contributed by atoms with van der Waals surface area (Å²) in [4.78, 5) is 23.1. The maximum atomic E-state index is 12.0. The van der Waals surface area contributed by atoms with Gasteiger partial charge in [0.05, 0.1) is 5.69 Å². The molecule has 0 bridgehead atoms. The number of nitrogens with one attached hydrogen (secondary N) is 1. The van der Waals surface area contributed by atoms with E-state index in [0.717, 1.165) is 19.3 Å². The van der Waals surface area contributed by atoms with Crippen LogP contribution in [0, 0.1) is 0 Å². The average molecular weight is 266 g/mol. The number of carbonyl (C=O) groups is 2. The molecule has 1 fully saturated rings. The molecule has 1 aromatic heterocycles. The minimum absolute atomic E-state index is 0.0621. The number of amides is 1. The van der Waals surface area contributed by atoms with Crippen LogP contribution < -0.4 is 5.32 Å². The van der Waals surface area contributed by atoms with Gasteiger partial charge in [0, 0.05) is 6.04 Å². The molecule has 19 heavy (non-hydrogen) atoms. The third-order valence-electron chi connectivity index (χ3n) is 3.15. The normalized spacial score (nSPS) is 16.1. The highest BCUT2D eigenvalue weighted by Crippen LogP contribution is 2.21. The van der Waals surface area contributed by atoms with Gasteiger partial charge < -0.3 is 10.4 Å². The van der Waals surface area contributed by atoms with Gasteiger partial charge in [-0.05, 0) is 26.2 Å². The first kappa shape index (κ1) is 13.5. The van der Waals surface area contributed by atoms with Crippen LogP contribution in [-0.2, 0) is 11.2 Å². The van der Waals surface area contributed by atoms with Crippen molar-refractivity contribution in [2.75, 3.05) is 0 Å². The summed E-state index contributed by atoms with van der Waals surface area (Å²) < 4.78 is 1.42. The van der Waals surface area contributed by atoms with Crippen molar-refractivity contribution >= 4 is 11.9 Å². The van der Waals surface area contributed by atoms with E-state index in [4.69, 9.17) is 5.11 Å². The highest BCUT2D eigenvalue weighted by atomic mass is 16.4. The molecule has 2 N–H and O–H groups in total. The molecule has 0 saturated heterocycles. The lowest BCUT2D eigenvalue weighted by Crippen LogP contribution is -2.33. The van der Waals surface area contributed by atoms with E-state index in [1.165, 1.54) is 4.68 Å². The smallest absolute Gasteiger partial charge is 0.358 e. The Morgan fingerprint density at radius 3 is 2.74 bits per heavy atom. The summed E-state index contributed by atoms with van der Waals surface area (Å²) in [6.45, 7) is 3.65. The van der Waals surface area contributed by atoms with Gasteiger partial charge >= 0.3 is 5.97 Å². The van der Waals surface area contributed by atoms with Crippen LogP contribution in [0.15, 0.2) is 0 Å². The summed E-state index contributed by atoms with van der Waals surface area (Å²) in [6, 6.07) is -0.269. The fourth-order valence-electron chi connectivity index (χ4n) is 1.92. The molecule has 1 atom stereocenters. The third kappa shape index (κ3) is 2.91. The molecule has 1 aliphatic rings. The molecule has 0 aliphatic heterocycles. The van der Waals surface area contributed by atoms with E-state index in [0.29, 0.717) is 12.1 Å². The number of rotatable bonds is 6. The van der Waals surface area contributed by atoms with E-state index < -0.39 is 12.0 Å². The third-order valence-corrected chi connectivity index (χ3v) is 3.15. The van der Waals surface area contributed by atoms with Gasteiger partial charge in [-0.1, -0.05) is 18.6 Å². The summed E-state index contributed by atoms with van der Waals surface area (Å²) in [5, 5.41) is 19.4. The molecule has 1 unspecified atom stereocenters. The molecule has 0 spiro atoms. The van der Waals surface area contributed by atoms with Gasteiger partial charge in [0.15, 0.2) is 5.69 Å². The number of aromatic carboxylic acids is 1. The molecule has 2 rings (SSSR count). The lowest BCUT2D eigenvalue weighted by Gasteiger charge is -2.14. The number of carboxylic acid groups (broad SMARTS) is 1. The summed E-state index contributed by atoms with van der Waals surface area (Å²) in [7, 11) is 0. The Morgan fingerprint density at radius 2 is 2.21 bits per heavy atom. The average Bonchev–Trinajstić information content (AvgIpc) is 3.06. The number of hydrogen-bond donors (Lipinski definition) is 2. The molecule has 7 nitrogen and oxygen atoms in total. The van der Waals surface area contributed by atoms with E-state index in [1.54, 1.807) is 6.92 Å². The van der Waals surface area contributed by atoms with Crippen molar-refractivity contribution in [3.63, 3.8) is 0 Å². The van der Waals surface area contributed by atoms with Crippen LogP contribution in [0.4, 0.5) is 0 Å². The lowest BCUT2D eigenvalue weighted by atomic mass is 10.2. The number of hydrogen-bond acceptors (Lipinski definition) is 4. The van der Waals surface area contributed by atoms with Crippen LogP contribution in [-0.4, -0.2) is 38.0 Å². The Kier molecular flexibility index (Phi) is 3.82. The van der Waals surface area contributed by atoms with Gasteiger partial charge in [0.2, 0.25) is 5.91 Å². The maximum Gasteiger partial charge on any atom is 0.358 e. The van der Waals surface area contributed by atoms with Gasteiger partial charge in [-0.3, -0.25) is 4.79 Å². The van der Waals surface area contributed by atoms with Gasteiger partial charge in [0.25, 0.3) is 0 Å². The molecule has 1 saturated carbocycles. The Hall–Kier alpha value is -1.92. The fraction of sp³-hybridized carbons (Fsp3) is 0.667. The van der Waals surface area contributed by atoms with Crippen molar-refractivity contribution in [2.24, 2.45) is 0 Å². The highest BCUT2D eigenvalue weighted by Gasteiger charge is 2.29. The zero-order valence-electron chi connectivity index (χ0n) is 11.1. The summed E-state index contributed by atoms with van der Waals surface area (Å²) in [5.74, 6) is -1.24. The first-order valence-corrected chi connectivity index (χ1v) is 6.52.